The van der Waals surface area contributed by atoms with Crippen molar-refractivity contribution in [2.45, 2.75) is 65.1 Å². The van der Waals surface area contributed by atoms with Gasteiger partial charge in [-0.25, -0.2) is 14.2 Å². The Morgan fingerprint density at radius 2 is 1.63 bits per heavy atom. The average Bonchev–Trinajstić information content (AvgIpc) is 3.35. The molecule has 242 valence electrons. The smallest absolute Gasteiger partial charge is 0.407 e. The van der Waals surface area contributed by atoms with Crippen LogP contribution < -0.4 is 10.6 Å². The number of nitrogens with one attached hydrogen (secondary N) is 2. The fourth-order valence-corrected chi connectivity index (χ4v) is 4.83. The van der Waals surface area contributed by atoms with E-state index in [1.165, 1.54) is 16.7 Å². The predicted octanol–water partition coefficient (Wildman–Crippen LogP) is 6.52. The number of non-ortho nitro benzene ring substituents is 2. The summed E-state index contributed by atoms with van der Waals surface area (Å²) in [6.07, 6.45) is 1.60. The number of alkyl carbamates (subject to hydrolysis) is 1. The lowest BCUT2D eigenvalue weighted by Crippen LogP contribution is -2.45. The highest BCUT2D eigenvalue weighted by molar-refractivity contribution is 5.96. The van der Waals surface area contributed by atoms with Gasteiger partial charge in [0, 0.05) is 42.4 Å². The van der Waals surface area contributed by atoms with Crippen LogP contribution in [-0.2, 0) is 11.3 Å². The molecular weight excluding hydrogens is 599 g/mol. The van der Waals surface area contributed by atoms with Gasteiger partial charge >= 0.3 is 6.09 Å². The third-order valence-electron chi connectivity index (χ3n) is 7.07. The van der Waals surface area contributed by atoms with E-state index in [0.717, 1.165) is 31.0 Å². The molecule has 4 rings (SSSR count). The van der Waals surface area contributed by atoms with E-state index in [4.69, 9.17) is 4.74 Å². The number of rotatable bonds is 12. The largest absolute Gasteiger partial charge is 0.444 e. The van der Waals surface area contributed by atoms with Gasteiger partial charge in [0.15, 0.2) is 5.82 Å². The number of hydrogen-bond donors (Lipinski definition) is 2. The zero-order valence-corrected chi connectivity index (χ0v) is 25.9. The molecule has 0 aliphatic rings. The van der Waals surface area contributed by atoms with Crippen molar-refractivity contribution in [1.82, 2.24) is 20.2 Å². The Kier molecular flexibility index (Phi) is 10.3. The maximum absolute atomic E-state index is 14.9. The number of carbonyl (C=O) groups excluding carboxylic acids is 2. The second kappa shape index (κ2) is 14.1. The number of carbonyl (C=O) groups is 2. The van der Waals surface area contributed by atoms with Gasteiger partial charge in [0.2, 0.25) is 0 Å². The number of amides is 2. The average molecular weight is 635 g/mol. The van der Waals surface area contributed by atoms with Crippen molar-refractivity contribution in [3.8, 4) is 11.1 Å². The van der Waals surface area contributed by atoms with Crippen molar-refractivity contribution >= 4 is 34.4 Å². The van der Waals surface area contributed by atoms with Gasteiger partial charge in [-0.2, -0.15) is 0 Å². The highest BCUT2D eigenvalue weighted by atomic mass is 19.1. The van der Waals surface area contributed by atoms with Gasteiger partial charge in [0.05, 0.1) is 27.4 Å². The van der Waals surface area contributed by atoms with Crippen LogP contribution in [0.4, 0.5) is 20.6 Å². The molecule has 0 aliphatic carbocycles. The Balaban J connectivity index is 1.69. The fraction of sp³-hybridized carbons (Fsp3) is 0.344. The van der Waals surface area contributed by atoms with Crippen molar-refractivity contribution in [1.29, 1.82) is 0 Å². The van der Waals surface area contributed by atoms with Crippen LogP contribution in [-0.4, -0.2) is 49.6 Å². The molecule has 0 saturated carbocycles. The first kappa shape index (κ1) is 33.5. The molecule has 46 heavy (non-hydrogen) atoms. The fourth-order valence-electron chi connectivity index (χ4n) is 4.83. The minimum atomic E-state index is -0.706. The number of fused-ring (bicyclic) bond motifs is 1. The molecule has 0 spiro atoms. The van der Waals surface area contributed by atoms with Gasteiger partial charge < -0.3 is 19.9 Å². The molecule has 0 fully saturated rings. The number of hydrogen-bond acceptors (Lipinski definition) is 8. The monoisotopic (exact) mass is 634 g/mol. The zero-order chi connectivity index (χ0) is 33.6. The molecule has 13 nitrogen and oxygen atoms in total. The number of benzene rings is 3. The SMILES string of the molecule is CCCC[C@@H](CNC(=O)c1nc2cc(-c3ccc([N+](=O)[O-])cc3)ccc2n1Cc1cc([N+](=O)[O-])ccc1F)NC(=O)OC(C)(C)C. The molecule has 1 aromatic heterocycles. The molecule has 1 heterocycles. The van der Waals surface area contributed by atoms with Crippen LogP contribution in [0.2, 0.25) is 0 Å². The quantitative estimate of drug-likeness (QED) is 0.131. The maximum atomic E-state index is 14.9. The summed E-state index contributed by atoms with van der Waals surface area (Å²) in [5, 5.41) is 28.1. The van der Waals surface area contributed by atoms with Crippen LogP contribution in [0.1, 0.15) is 63.1 Å². The Morgan fingerprint density at radius 1 is 0.978 bits per heavy atom. The highest BCUT2D eigenvalue weighted by Crippen LogP contribution is 2.28. The number of nitrogens with zero attached hydrogens (tertiary/aromatic N) is 4. The maximum Gasteiger partial charge on any atom is 0.407 e. The number of nitro benzene ring substituents is 2. The Hall–Kier alpha value is -5.40. The van der Waals surface area contributed by atoms with Gasteiger partial charge in [0.25, 0.3) is 17.3 Å². The molecule has 14 heteroatoms. The number of ether oxygens (including phenoxy) is 1. The van der Waals surface area contributed by atoms with Crippen LogP contribution in [0.25, 0.3) is 22.2 Å². The lowest BCUT2D eigenvalue weighted by molar-refractivity contribution is -0.385. The lowest BCUT2D eigenvalue weighted by atomic mass is 10.0. The molecule has 0 saturated heterocycles. The highest BCUT2D eigenvalue weighted by Gasteiger charge is 2.24. The van der Waals surface area contributed by atoms with Crippen molar-refractivity contribution in [2.75, 3.05) is 6.54 Å². The van der Waals surface area contributed by atoms with Crippen LogP contribution in [0, 0.1) is 26.0 Å². The third-order valence-corrected chi connectivity index (χ3v) is 7.07. The van der Waals surface area contributed by atoms with Gasteiger partial charge in [0.1, 0.15) is 11.4 Å². The molecule has 0 unspecified atom stereocenters. The lowest BCUT2D eigenvalue weighted by Gasteiger charge is -2.24. The zero-order valence-electron chi connectivity index (χ0n) is 25.9. The number of unbranched alkanes of at least 4 members (excludes halogenated alkanes) is 1. The number of halogens is 1. The first-order valence-corrected chi connectivity index (χ1v) is 14.7. The van der Waals surface area contributed by atoms with E-state index in [1.54, 1.807) is 51.1 Å². The van der Waals surface area contributed by atoms with Crippen LogP contribution in [0.15, 0.2) is 60.7 Å². The Bertz CT molecular complexity index is 1770. The standard InChI is InChI=1S/C32H35FN6O7/c1-5-6-7-23(35-31(41)46-32(2,3)4)18-34-30(40)29-36-27-17-21(20-8-11-24(12-9-20)38(42)43)10-15-28(27)37(29)19-22-16-25(39(44)45)13-14-26(22)33/h8-17,23H,5-7,18-19H2,1-4H3,(H,34,40)(H,35,41)/t23-/m0/s1. The van der Waals surface area contributed by atoms with Crippen LogP contribution in [0.5, 0.6) is 0 Å². The van der Waals surface area contributed by atoms with E-state index < -0.39 is 39.3 Å². The summed E-state index contributed by atoms with van der Waals surface area (Å²) in [6, 6.07) is 13.8. The van der Waals surface area contributed by atoms with Gasteiger partial charge in [-0.3, -0.25) is 25.0 Å². The van der Waals surface area contributed by atoms with E-state index in [-0.39, 0.29) is 35.9 Å². The summed E-state index contributed by atoms with van der Waals surface area (Å²) in [7, 11) is 0. The second-order valence-electron chi connectivity index (χ2n) is 11.8. The van der Waals surface area contributed by atoms with Gasteiger partial charge in [-0.15, -0.1) is 0 Å². The minimum absolute atomic E-state index is 0.0191. The molecule has 1 atom stereocenters. The molecule has 3 aromatic carbocycles. The molecule has 2 N–H and O–H groups in total. The molecule has 2 amide bonds. The normalized spacial score (nSPS) is 12.0. The molecule has 0 bridgehead atoms. The van der Waals surface area contributed by atoms with Crippen molar-refractivity contribution in [3.05, 3.63) is 98.1 Å². The Labute approximate surface area is 264 Å². The molecule has 0 radical (unpaired) electrons. The van der Waals surface area contributed by atoms with E-state index >= 15 is 0 Å². The summed E-state index contributed by atoms with van der Waals surface area (Å²) in [5.74, 6) is -1.37. The van der Waals surface area contributed by atoms with Crippen molar-refractivity contribution in [3.63, 3.8) is 0 Å². The third kappa shape index (κ3) is 8.40. The summed E-state index contributed by atoms with van der Waals surface area (Å²) in [5.41, 5.74) is 1.07. The molecule has 0 aliphatic heterocycles. The first-order valence-electron chi connectivity index (χ1n) is 14.7. The van der Waals surface area contributed by atoms with Gasteiger partial charge in [-0.1, -0.05) is 25.8 Å². The van der Waals surface area contributed by atoms with E-state index in [1.807, 2.05) is 6.92 Å². The minimum Gasteiger partial charge on any atom is -0.444 e. The number of imidazole rings is 1. The van der Waals surface area contributed by atoms with Crippen LogP contribution in [0.3, 0.4) is 0 Å². The summed E-state index contributed by atoms with van der Waals surface area (Å²) < 4.78 is 21.7. The summed E-state index contributed by atoms with van der Waals surface area (Å²) in [6.45, 7) is 7.06. The van der Waals surface area contributed by atoms with Crippen molar-refractivity contribution in [2.24, 2.45) is 0 Å². The Morgan fingerprint density at radius 3 is 2.26 bits per heavy atom. The summed E-state index contributed by atoms with van der Waals surface area (Å²) >= 11 is 0. The predicted molar refractivity (Wildman–Crippen MR) is 169 cm³/mol. The first-order chi connectivity index (χ1) is 21.8. The number of aromatic nitrogens is 2. The second-order valence-corrected chi connectivity index (χ2v) is 11.8. The van der Waals surface area contributed by atoms with Crippen LogP contribution >= 0.6 is 0 Å². The van der Waals surface area contributed by atoms with Gasteiger partial charge in [-0.05, 0) is 68.7 Å². The molecule has 4 aromatic rings. The van der Waals surface area contributed by atoms with E-state index in [2.05, 4.69) is 15.6 Å². The number of nitro groups is 2. The summed E-state index contributed by atoms with van der Waals surface area (Å²) in [4.78, 5) is 52.0. The topological polar surface area (TPSA) is 172 Å². The van der Waals surface area contributed by atoms with E-state index in [0.29, 0.717) is 28.6 Å². The van der Waals surface area contributed by atoms with Crippen molar-refractivity contribution < 1.29 is 28.6 Å². The molecular formula is C32H35FN6O7. The van der Waals surface area contributed by atoms with E-state index in [9.17, 15) is 34.2 Å².